The molecule has 3 heterocycles. The second-order valence-corrected chi connectivity index (χ2v) is 6.76. The van der Waals surface area contributed by atoms with Gasteiger partial charge in [-0.15, -0.1) is 6.58 Å². The fourth-order valence-corrected chi connectivity index (χ4v) is 3.42. The van der Waals surface area contributed by atoms with E-state index in [1.165, 1.54) is 0 Å². The third-order valence-electron chi connectivity index (χ3n) is 5.06. The average molecular weight is 370 g/mol. The molecule has 3 rings (SSSR count). The third kappa shape index (κ3) is 3.72. The maximum Gasteiger partial charge on any atom is 0.254 e. The Bertz CT molecular complexity index is 823. The van der Waals surface area contributed by atoms with Crippen molar-refractivity contribution in [1.29, 1.82) is 0 Å². The van der Waals surface area contributed by atoms with E-state index in [1.54, 1.807) is 23.2 Å². The van der Waals surface area contributed by atoms with Crippen molar-refractivity contribution < 1.29 is 4.79 Å². The summed E-state index contributed by atoms with van der Waals surface area (Å²) in [7, 11) is 0. The number of carbonyl (C=O) groups is 1. The van der Waals surface area contributed by atoms with Crippen LogP contribution < -0.4 is 27.4 Å². The molecule has 9 nitrogen and oxygen atoms in total. The zero-order chi connectivity index (χ0) is 19.4. The van der Waals surface area contributed by atoms with Crippen molar-refractivity contribution in [2.75, 3.05) is 42.1 Å². The summed E-state index contributed by atoms with van der Waals surface area (Å²) in [6.07, 6.45) is 8.38. The Balaban J connectivity index is 1.82. The van der Waals surface area contributed by atoms with E-state index in [-0.39, 0.29) is 5.54 Å². The molecule has 9 heteroatoms. The van der Waals surface area contributed by atoms with E-state index in [4.69, 9.17) is 17.2 Å². The number of rotatable bonds is 7. The van der Waals surface area contributed by atoms with Gasteiger partial charge in [0.05, 0.1) is 23.1 Å². The van der Waals surface area contributed by atoms with E-state index in [0.29, 0.717) is 30.2 Å². The number of piperidine rings is 1. The molecule has 1 fully saturated rings. The van der Waals surface area contributed by atoms with Crippen molar-refractivity contribution in [2.45, 2.75) is 18.4 Å². The summed E-state index contributed by atoms with van der Waals surface area (Å²) in [4.78, 5) is 18.2. The van der Waals surface area contributed by atoms with Crippen LogP contribution in [0.25, 0.3) is 0 Å². The van der Waals surface area contributed by atoms with Crippen LogP contribution in [0, 0.1) is 0 Å². The largest absolute Gasteiger partial charge is 0.397 e. The summed E-state index contributed by atoms with van der Waals surface area (Å²) in [5, 5.41) is 7.64. The van der Waals surface area contributed by atoms with Gasteiger partial charge in [0.25, 0.3) is 5.91 Å². The molecular weight excluding hydrogens is 344 g/mol. The molecular formula is C18H26N8O. The molecule has 1 saturated heterocycles. The number of anilines is 3. The minimum atomic E-state index is -0.525. The molecule has 7 N–H and O–H groups in total. The molecule has 1 aliphatic rings. The molecule has 0 radical (unpaired) electrons. The zero-order valence-electron chi connectivity index (χ0n) is 15.3. The molecule has 0 atom stereocenters. The number of nitrogens with one attached hydrogen (secondary N) is 1. The molecule has 0 saturated carbocycles. The molecule has 1 amide bonds. The Morgan fingerprint density at radius 1 is 1.37 bits per heavy atom. The standard InChI is InChI=1S/C18H26N8O/c1-2-5-23-17-15(16(21)27)11-26(24-17)18(12-19)3-6-25(7-4-18)14-8-13(20)9-22-10-14/h2,8-11H,1,3-7,12,19-20H2,(H2,21,27)(H,23,24). The van der Waals surface area contributed by atoms with Gasteiger partial charge in [-0.2, -0.15) is 5.10 Å². The van der Waals surface area contributed by atoms with Crippen molar-refractivity contribution in [3.8, 4) is 0 Å². The lowest BCUT2D eigenvalue weighted by molar-refractivity contribution is 0.100. The third-order valence-corrected chi connectivity index (χ3v) is 5.06. The maximum absolute atomic E-state index is 11.8. The number of carbonyl (C=O) groups excluding carboxylic acids is 1. The van der Waals surface area contributed by atoms with Gasteiger partial charge in [0.15, 0.2) is 5.82 Å². The molecule has 2 aromatic heterocycles. The minimum Gasteiger partial charge on any atom is -0.397 e. The first kappa shape index (κ1) is 18.7. The highest BCUT2D eigenvalue weighted by atomic mass is 16.1. The number of hydrogen-bond acceptors (Lipinski definition) is 7. The average Bonchev–Trinajstić information content (AvgIpc) is 3.11. The summed E-state index contributed by atoms with van der Waals surface area (Å²) in [5.74, 6) is -0.0686. The van der Waals surface area contributed by atoms with E-state index in [0.717, 1.165) is 31.6 Å². The Hall–Kier alpha value is -3.07. The lowest BCUT2D eigenvalue weighted by Crippen LogP contribution is -2.50. The summed E-state index contributed by atoms with van der Waals surface area (Å²) in [5.41, 5.74) is 19.1. The van der Waals surface area contributed by atoms with Gasteiger partial charge in [0.1, 0.15) is 5.56 Å². The van der Waals surface area contributed by atoms with E-state index >= 15 is 0 Å². The lowest BCUT2D eigenvalue weighted by atomic mass is 9.87. The van der Waals surface area contributed by atoms with E-state index < -0.39 is 5.91 Å². The van der Waals surface area contributed by atoms with Crippen LogP contribution in [0.15, 0.2) is 37.3 Å². The normalized spacial score (nSPS) is 16.1. The first-order chi connectivity index (χ1) is 13.0. The number of amides is 1. The number of aromatic nitrogens is 3. The molecule has 27 heavy (non-hydrogen) atoms. The number of nitrogens with zero attached hydrogens (tertiary/aromatic N) is 4. The lowest BCUT2D eigenvalue weighted by Gasteiger charge is -2.42. The van der Waals surface area contributed by atoms with Gasteiger partial charge in [-0.05, 0) is 18.9 Å². The fourth-order valence-electron chi connectivity index (χ4n) is 3.42. The summed E-state index contributed by atoms with van der Waals surface area (Å²) < 4.78 is 1.80. The van der Waals surface area contributed by atoms with Crippen molar-refractivity contribution in [3.63, 3.8) is 0 Å². The van der Waals surface area contributed by atoms with Crippen molar-refractivity contribution >= 4 is 23.1 Å². The van der Waals surface area contributed by atoms with Crippen molar-refractivity contribution in [2.24, 2.45) is 11.5 Å². The van der Waals surface area contributed by atoms with Gasteiger partial charge in [0.2, 0.25) is 0 Å². The van der Waals surface area contributed by atoms with E-state index in [2.05, 4.69) is 26.9 Å². The van der Waals surface area contributed by atoms with Gasteiger partial charge in [-0.25, -0.2) is 0 Å². The smallest absolute Gasteiger partial charge is 0.254 e. The SMILES string of the molecule is C=CCNc1nn(C2(CN)CCN(c3cncc(N)c3)CC2)cc1C(N)=O. The van der Waals surface area contributed by atoms with Crippen LogP contribution in [0.1, 0.15) is 23.2 Å². The number of hydrogen-bond donors (Lipinski definition) is 4. The van der Waals surface area contributed by atoms with Crippen LogP contribution in [0.4, 0.5) is 17.2 Å². The maximum atomic E-state index is 11.8. The Morgan fingerprint density at radius 3 is 2.70 bits per heavy atom. The molecule has 0 spiro atoms. The Labute approximate surface area is 158 Å². The fraction of sp³-hybridized carbons (Fsp3) is 0.389. The molecule has 1 aliphatic heterocycles. The van der Waals surface area contributed by atoms with E-state index in [9.17, 15) is 4.79 Å². The van der Waals surface area contributed by atoms with Crippen molar-refractivity contribution in [3.05, 3.63) is 42.9 Å². The van der Waals surface area contributed by atoms with Gasteiger partial charge in [-0.3, -0.25) is 14.5 Å². The topological polar surface area (TPSA) is 141 Å². The number of pyridine rings is 1. The molecule has 0 bridgehead atoms. The van der Waals surface area contributed by atoms with Gasteiger partial charge in [0, 0.05) is 38.6 Å². The van der Waals surface area contributed by atoms with Crippen LogP contribution in [0.3, 0.4) is 0 Å². The van der Waals surface area contributed by atoms with Crippen LogP contribution >= 0.6 is 0 Å². The summed E-state index contributed by atoms with van der Waals surface area (Å²) in [6.45, 7) is 6.13. The second kappa shape index (κ2) is 7.67. The summed E-state index contributed by atoms with van der Waals surface area (Å²) >= 11 is 0. The molecule has 0 unspecified atom stereocenters. The van der Waals surface area contributed by atoms with Crippen LogP contribution in [0.2, 0.25) is 0 Å². The Morgan fingerprint density at radius 2 is 2.11 bits per heavy atom. The van der Waals surface area contributed by atoms with Gasteiger partial charge >= 0.3 is 0 Å². The number of primary amides is 1. The monoisotopic (exact) mass is 370 g/mol. The minimum absolute atomic E-state index is 0.354. The highest BCUT2D eigenvalue weighted by molar-refractivity contribution is 5.97. The van der Waals surface area contributed by atoms with Gasteiger partial charge < -0.3 is 27.4 Å². The Kier molecular flexibility index (Phi) is 5.31. The predicted octanol–water partition coefficient (Wildman–Crippen LogP) is 0.512. The predicted molar refractivity (Wildman–Crippen MR) is 107 cm³/mol. The van der Waals surface area contributed by atoms with Crippen LogP contribution in [-0.2, 0) is 5.54 Å². The second-order valence-electron chi connectivity index (χ2n) is 6.76. The van der Waals surface area contributed by atoms with E-state index in [1.807, 2.05) is 12.3 Å². The zero-order valence-corrected chi connectivity index (χ0v) is 15.3. The van der Waals surface area contributed by atoms with Crippen LogP contribution in [-0.4, -0.2) is 46.9 Å². The molecule has 2 aromatic rings. The van der Waals surface area contributed by atoms with Gasteiger partial charge in [-0.1, -0.05) is 6.08 Å². The number of nitrogen functional groups attached to an aromatic ring is 1. The first-order valence-corrected chi connectivity index (χ1v) is 8.89. The highest BCUT2D eigenvalue weighted by Crippen LogP contribution is 2.33. The highest BCUT2D eigenvalue weighted by Gasteiger charge is 2.37. The summed E-state index contributed by atoms with van der Waals surface area (Å²) in [6, 6.07) is 1.92. The number of nitrogens with two attached hydrogens (primary N) is 3. The quantitative estimate of drug-likeness (QED) is 0.520. The molecule has 0 aliphatic carbocycles. The molecule has 0 aromatic carbocycles. The van der Waals surface area contributed by atoms with Crippen molar-refractivity contribution in [1.82, 2.24) is 14.8 Å². The molecule has 144 valence electrons. The van der Waals surface area contributed by atoms with Crippen LogP contribution in [0.5, 0.6) is 0 Å². The first-order valence-electron chi connectivity index (χ1n) is 8.89.